The van der Waals surface area contributed by atoms with Gasteiger partial charge in [-0.25, -0.2) is 0 Å². The largest absolute Gasteiger partial charge is 0.497 e. The molecule has 0 spiro atoms. The van der Waals surface area contributed by atoms with Crippen molar-refractivity contribution in [3.05, 3.63) is 23.8 Å². The predicted molar refractivity (Wildman–Crippen MR) is 67.0 cm³/mol. The number of hydrogen-bond acceptors (Lipinski definition) is 2. The SMILES string of the molecule is CC.CC.COc1ccc(OC)c(C)c1. The summed E-state index contributed by atoms with van der Waals surface area (Å²) in [5.41, 5.74) is 1.09. The van der Waals surface area contributed by atoms with E-state index in [0.29, 0.717) is 0 Å². The van der Waals surface area contributed by atoms with E-state index in [-0.39, 0.29) is 0 Å². The van der Waals surface area contributed by atoms with Crippen LogP contribution in [0.3, 0.4) is 0 Å². The van der Waals surface area contributed by atoms with Gasteiger partial charge in [0.15, 0.2) is 0 Å². The van der Waals surface area contributed by atoms with E-state index in [1.807, 2.05) is 52.8 Å². The Balaban J connectivity index is 0. The molecular formula is C13H24O2. The average molecular weight is 212 g/mol. The highest BCUT2D eigenvalue weighted by molar-refractivity contribution is 5.39. The summed E-state index contributed by atoms with van der Waals surface area (Å²) < 4.78 is 10.1. The number of ether oxygens (including phenoxy) is 2. The molecule has 1 aromatic carbocycles. The summed E-state index contributed by atoms with van der Waals surface area (Å²) in [7, 11) is 3.32. The van der Waals surface area contributed by atoms with Gasteiger partial charge in [0.2, 0.25) is 0 Å². The van der Waals surface area contributed by atoms with E-state index in [1.54, 1.807) is 14.2 Å². The lowest BCUT2D eigenvalue weighted by molar-refractivity contribution is 0.400. The van der Waals surface area contributed by atoms with Crippen molar-refractivity contribution < 1.29 is 9.47 Å². The molecule has 0 unspecified atom stereocenters. The minimum absolute atomic E-state index is 0.864. The average Bonchev–Trinajstić information content (AvgIpc) is 2.34. The molecule has 88 valence electrons. The Morgan fingerprint density at radius 3 is 1.73 bits per heavy atom. The van der Waals surface area contributed by atoms with Crippen LogP contribution in [0.5, 0.6) is 11.5 Å². The van der Waals surface area contributed by atoms with Crippen LogP contribution in [0.25, 0.3) is 0 Å². The summed E-state index contributed by atoms with van der Waals surface area (Å²) in [6.07, 6.45) is 0. The zero-order chi connectivity index (χ0) is 12.3. The molecule has 0 saturated carbocycles. The van der Waals surface area contributed by atoms with Crippen molar-refractivity contribution >= 4 is 0 Å². The number of methoxy groups -OCH3 is 2. The van der Waals surface area contributed by atoms with Gasteiger partial charge in [-0.2, -0.15) is 0 Å². The first kappa shape index (κ1) is 16.3. The number of hydrogen-bond donors (Lipinski definition) is 0. The molecule has 0 amide bonds. The lowest BCUT2D eigenvalue weighted by Gasteiger charge is -2.05. The van der Waals surface area contributed by atoms with E-state index in [2.05, 4.69) is 0 Å². The van der Waals surface area contributed by atoms with Crippen LogP contribution in [0.15, 0.2) is 18.2 Å². The van der Waals surface area contributed by atoms with Crippen LogP contribution < -0.4 is 9.47 Å². The van der Waals surface area contributed by atoms with Gasteiger partial charge in [0, 0.05) is 0 Å². The van der Waals surface area contributed by atoms with Crippen molar-refractivity contribution in [3.63, 3.8) is 0 Å². The molecule has 1 rings (SSSR count). The minimum Gasteiger partial charge on any atom is -0.497 e. The van der Waals surface area contributed by atoms with Crippen LogP contribution in [-0.4, -0.2) is 14.2 Å². The van der Waals surface area contributed by atoms with Crippen LogP contribution in [-0.2, 0) is 0 Å². The van der Waals surface area contributed by atoms with Gasteiger partial charge >= 0.3 is 0 Å². The fourth-order valence-electron chi connectivity index (χ4n) is 0.978. The van der Waals surface area contributed by atoms with Gasteiger partial charge in [0.25, 0.3) is 0 Å². The summed E-state index contributed by atoms with van der Waals surface area (Å²) in [4.78, 5) is 0. The van der Waals surface area contributed by atoms with Gasteiger partial charge < -0.3 is 9.47 Å². The second-order valence-corrected chi connectivity index (χ2v) is 2.34. The highest BCUT2D eigenvalue weighted by Crippen LogP contribution is 2.22. The molecule has 0 atom stereocenters. The highest BCUT2D eigenvalue weighted by Gasteiger charge is 1.97. The topological polar surface area (TPSA) is 18.5 Å². The first-order valence-corrected chi connectivity index (χ1v) is 5.46. The summed E-state index contributed by atoms with van der Waals surface area (Å²) in [6.45, 7) is 9.99. The number of benzene rings is 1. The lowest BCUT2D eigenvalue weighted by atomic mass is 10.2. The number of aryl methyl sites for hydroxylation is 1. The molecule has 0 bridgehead atoms. The van der Waals surface area contributed by atoms with Crippen molar-refractivity contribution in [1.82, 2.24) is 0 Å². The van der Waals surface area contributed by atoms with Gasteiger partial charge in [0.05, 0.1) is 14.2 Å². The van der Waals surface area contributed by atoms with Crippen LogP contribution in [0.2, 0.25) is 0 Å². The Morgan fingerprint density at radius 1 is 0.867 bits per heavy atom. The van der Waals surface area contributed by atoms with Gasteiger partial charge in [-0.15, -0.1) is 0 Å². The number of rotatable bonds is 2. The van der Waals surface area contributed by atoms with E-state index in [1.165, 1.54) is 0 Å². The molecule has 0 aliphatic heterocycles. The van der Waals surface area contributed by atoms with Gasteiger partial charge in [-0.05, 0) is 30.7 Å². The second-order valence-electron chi connectivity index (χ2n) is 2.34. The Bertz CT molecular complexity index is 244. The first-order chi connectivity index (χ1) is 7.27. The van der Waals surface area contributed by atoms with Crippen LogP contribution in [0.4, 0.5) is 0 Å². The third-order valence-electron chi connectivity index (χ3n) is 1.60. The highest BCUT2D eigenvalue weighted by atomic mass is 16.5. The zero-order valence-corrected chi connectivity index (χ0v) is 11.0. The third kappa shape index (κ3) is 6.00. The molecule has 2 heteroatoms. The maximum atomic E-state index is 5.09. The fourth-order valence-corrected chi connectivity index (χ4v) is 0.978. The quantitative estimate of drug-likeness (QED) is 0.736. The van der Waals surface area contributed by atoms with E-state index < -0.39 is 0 Å². The molecule has 0 saturated heterocycles. The summed E-state index contributed by atoms with van der Waals surface area (Å²) in [6, 6.07) is 5.72. The van der Waals surface area contributed by atoms with Crippen molar-refractivity contribution in [2.75, 3.05) is 14.2 Å². The lowest BCUT2D eigenvalue weighted by Crippen LogP contribution is -1.88. The van der Waals surface area contributed by atoms with Gasteiger partial charge in [0.1, 0.15) is 11.5 Å². The standard InChI is InChI=1S/C9H12O2.2C2H6/c1-7-6-8(10-2)4-5-9(7)11-3;2*1-2/h4-6H,1-3H3;2*1-2H3. The molecular weight excluding hydrogens is 188 g/mol. The van der Waals surface area contributed by atoms with E-state index in [9.17, 15) is 0 Å². The maximum Gasteiger partial charge on any atom is 0.122 e. The minimum atomic E-state index is 0.864. The Morgan fingerprint density at radius 2 is 1.40 bits per heavy atom. The smallest absolute Gasteiger partial charge is 0.122 e. The third-order valence-corrected chi connectivity index (χ3v) is 1.60. The van der Waals surface area contributed by atoms with Crippen LogP contribution >= 0.6 is 0 Å². The molecule has 0 aliphatic carbocycles. The first-order valence-electron chi connectivity index (χ1n) is 5.46. The molecule has 0 aromatic heterocycles. The summed E-state index contributed by atoms with van der Waals surface area (Å²) in [5.74, 6) is 1.76. The molecule has 15 heavy (non-hydrogen) atoms. The molecule has 0 heterocycles. The van der Waals surface area contributed by atoms with Gasteiger partial charge in [-0.3, -0.25) is 0 Å². The second kappa shape index (κ2) is 10.9. The predicted octanol–water partition coefficient (Wildman–Crippen LogP) is 4.06. The van der Waals surface area contributed by atoms with Crippen molar-refractivity contribution in [2.45, 2.75) is 34.6 Å². The molecule has 0 N–H and O–H groups in total. The molecule has 0 fully saturated rings. The Hall–Kier alpha value is -1.18. The van der Waals surface area contributed by atoms with Gasteiger partial charge in [-0.1, -0.05) is 27.7 Å². The monoisotopic (exact) mass is 212 g/mol. The molecule has 1 aromatic rings. The Kier molecular flexibility index (Phi) is 11.8. The zero-order valence-electron chi connectivity index (χ0n) is 11.0. The molecule has 2 nitrogen and oxygen atoms in total. The summed E-state index contributed by atoms with van der Waals surface area (Å²) >= 11 is 0. The maximum absolute atomic E-state index is 5.09. The fraction of sp³-hybridized carbons (Fsp3) is 0.538. The Labute approximate surface area is 94.2 Å². The molecule has 0 aliphatic rings. The van der Waals surface area contributed by atoms with E-state index in [4.69, 9.17) is 9.47 Å². The van der Waals surface area contributed by atoms with E-state index in [0.717, 1.165) is 17.1 Å². The summed E-state index contributed by atoms with van der Waals surface area (Å²) in [5, 5.41) is 0. The van der Waals surface area contributed by atoms with Crippen molar-refractivity contribution in [1.29, 1.82) is 0 Å². The van der Waals surface area contributed by atoms with E-state index >= 15 is 0 Å². The molecule has 0 radical (unpaired) electrons. The normalized spacial score (nSPS) is 7.67. The van der Waals surface area contributed by atoms with Crippen LogP contribution in [0.1, 0.15) is 33.3 Å². The van der Waals surface area contributed by atoms with Crippen molar-refractivity contribution in [3.8, 4) is 11.5 Å². The van der Waals surface area contributed by atoms with Crippen LogP contribution in [0, 0.1) is 6.92 Å². The van der Waals surface area contributed by atoms with Crippen molar-refractivity contribution in [2.24, 2.45) is 0 Å².